The van der Waals surface area contributed by atoms with Crippen LogP contribution >= 0.6 is 0 Å². The second-order valence-corrected chi connectivity index (χ2v) is 6.61. The first-order chi connectivity index (χ1) is 10.4. The van der Waals surface area contributed by atoms with E-state index in [2.05, 4.69) is 4.98 Å². The zero-order chi connectivity index (χ0) is 16.3. The zero-order valence-corrected chi connectivity index (χ0v) is 13.6. The van der Waals surface area contributed by atoms with Gasteiger partial charge in [0.1, 0.15) is 16.5 Å². The fraction of sp³-hybridized carbons (Fsp3) is 0.267. The Balaban J connectivity index is 2.50. The van der Waals surface area contributed by atoms with Gasteiger partial charge in [0, 0.05) is 18.8 Å². The molecule has 2 rings (SSSR count). The average Bonchev–Trinajstić information content (AvgIpc) is 2.50. The number of anilines is 2. The number of methoxy groups -OCH3 is 1. The van der Waals surface area contributed by atoms with Crippen LogP contribution in [0.2, 0.25) is 0 Å². The summed E-state index contributed by atoms with van der Waals surface area (Å²) in [5.74, 6) is 0.918. The number of pyridine rings is 1. The lowest BCUT2D eigenvalue weighted by Crippen LogP contribution is -2.31. The van der Waals surface area contributed by atoms with Crippen LogP contribution in [-0.4, -0.2) is 27.1 Å². The van der Waals surface area contributed by atoms with Crippen LogP contribution in [0.15, 0.2) is 41.4 Å². The normalized spacial score (nSPS) is 11.2. The number of hydrogen-bond acceptors (Lipinski definition) is 5. The van der Waals surface area contributed by atoms with E-state index in [0.717, 1.165) is 0 Å². The average molecular weight is 321 g/mol. The summed E-state index contributed by atoms with van der Waals surface area (Å²) in [6, 6.07) is 8.44. The highest BCUT2D eigenvalue weighted by Crippen LogP contribution is 2.27. The van der Waals surface area contributed by atoms with Crippen molar-refractivity contribution in [3.63, 3.8) is 0 Å². The number of ether oxygens (including phenoxy) is 1. The highest BCUT2D eigenvalue weighted by molar-refractivity contribution is 7.92. The molecule has 118 valence electrons. The van der Waals surface area contributed by atoms with Crippen LogP contribution in [0.5, 0.6) is 5.75 Å². The smallest absolute Gasteiger partial charge is 0.265 e. The maximum Gasteiger partial charge on any atom is 0.265 e. The quantitative estimate of drug-likeness (QED) is 0.912. The molecular formula is C15H19N3O3S. The van der Waals surface area contributed by atoms with Gasteiger partial charge in [0.15, 0.2) is 0 Å². The number of aryl methyl sites for hydroxylation is 1. The number of benzene rings is 1. The van der Waals surface area contributed by atoms with Crippen LogP contribution in [-0.2, 0) is 10.0 Å². The van der Waals surface area contributed by atoms with Crippen LogP contribution in [0.25, 0.3) is 0 Å². The topological polar surface area (TPSA) is 85.5 Å². The van der Waals surface area contributed by atoms with Crippen molar-refractivity contribution in [3.05, 3.63) is 42.1 Å². The van der Waals surface area contributed by atoms with Gasteiger partial charge in [-0.15, -0.1) is 0 Å². The molecular weight excluding hydrogens is 302 g/mol. The third-order valence-electron chi connectivity index (χ3n) is 3.31. The van der Waals surface area contributed by atoms with Gasteiger partial charge in [-0.2, -0.15) is 0 Å². The van der Waals surface area contributed by atoms with E-state index in [9.17, 15) is 8.42 Å². The molecule has 0 unspecified atom stereocenters. The van der Waals surface area contributed by atoms with Crippen molar-refractivity contribution in [2.45, 2.75) is 18.7 Å². The summed E-state index contributed by atoms with van der Waals surface area (Å²) in [5.41, 5.74) is 6.82. The van der Waals surface area contributed by atoms with Crippen LogP contribution in [0.4, 0.5) is 11.5 Å². The Morgan fingerprint density at radius 1 is 1.32 bits per heavy atom. The Kier molecular flexibility index (Phi) is 4.56. The number of nitrogens with two attached hydrogens (primary N) is 1. The number of rotatable bonds is 5. The molecule has 7 heteroatoms. The van der Waals surface area contributed by atoms with Gasteiger partial charge in [-0.25, -0.2) is 13.4 Å². The molecule has 0 aliphatic heterocycles. The molecule has 0 saturated heterocycles. The molecule has 0 spiro atoms. The number of aromatic nitrogens is 1. The minimum atomic E-state index is -3.71. The molecule has 1 aromatic carbocycles. The van der Waals surface area contributed by atoms with E-state index in [1.165, 1.54) is 23.7 Å². The largest absolute Gasteiger partial charge is 0.497 e. The Hall–Kier alpha value is -2.28. The summed E-state index contributed by atoms with van der Waals surface area (Å²) in [7, 11) is -2.17. The fourth-order valence-corrected chi connectivity index (χ4v) is 3.58. The standard InChI is InChI=1S/C15H19N3O3S/c1-4-18(12-6-5-7-13(9-12)21-3)22(19,20)14-8-11(2)15(16)17-10-14/h5-10H,4H2,1-3H3,(H2,16,17). The van der Waals surface area contributed by atoms with Crippen LogP contribution < -0.4 is 14.8 Å². The number of nitrogens with zero attached hydrogens (tertiary/aromatic N) is 2. The van der Waals surface area contributed by atoms with Crippen molar-refractivity contribution in [1.29, 1.82) is 0 Å². The summed E-state index contributed by atoms with van der Waals surface area (Å²) in [4.78, 5) is 4.05. The lowest BCUT2D eigenvalue weighted by atomic mass is 10.3. The van der Waals surface area contributed by atoms with Gasteiger partial charge in [-0.3, -0.25) is 4.31 Å². The third-order valence-corrected chi connectivity index (χ3v) is 5.18. The first-order valence-corrected chi connectivity index (χ1v) is 8.23. The molecule has 0 aliphatic rings. The second-order valence-electron chi connectivity index (χ2n) is 4.74. The van der Waals surface area contributed by atoms with Crippen molar-refractivity contribution in [3.8, 4) is 5.75 Å². The van der Waals surface area contributed by atoms with E-state index in [-0.39, 0.29) is 4.90 Å². The van der Waals surface area contributed by atoms with E-state index in [0.29, 0.717) is 29.4 Å². The second kappa shape index (κ2) is 6.23. The molecule has 22 heavy (non-hydrogen) atoms. The molecule has 0 fully saturated rings. The maximum absolute atomic E-state index is 12.8. The minimum Gasteiger partial charge on any atom is -0.497 e. The molecule has 0 radical (unpaired) electrons. The minimum absolute atomic E-state index is 0.115. The van der Waals surface area contributed by atoms with Gasteiger partial charge < -0.3 is 10.5 Å². The predicted molar refractivity (Wildman–Crippen MR) is 86.6 cm³/mol. The molecule has 2 N–H and O–H groups in total. The Labute approximate surface area is 130 Å². The molecule has 0 atom stereocenters. The monoisotopic (exact) mass is 321 g/mol. The summed E-state index contributed by atoms with van der Waals surface area (Å²) < 4.78 is 32.1. The lowest BCUT2D eigenvalue weighted by molar-refractivity contribution is 0.415. The van der Waals surface area contributed by atoms with E-state index < -0.39 is 10.0 Å². The van der Waals surface area contributed by atoms with E-state index in [1.807, 2.05) is 0 Å². The molecule has 1 heterocycles. The van der Waals surface area contributed by atoms with Crippen molar-refractivity contribution in [1.82, 2.24) is 4.98 Å². The first-order valence-electron chi connectivity index (χ1n) is 6.79. The SMILES string of the molecule is CCN(c1cccc(OC)c1)S(=O)(=O)c1cnc(N)c(C)c1. The van der Waals surface area contributed by atoms with Gasteiger partial charge in [0.25, 0.3) is 10.0 Å². The van der Waals surface area contributed by atoms with Gasteiger partial charge >= 0.3 is 0 Å². The predicted octanol–water partition coefficient (Wildman–Crippen LogP) is 2.20. The number of sulfonamides is 1. The third kappa shape index (κ3) is 2.99. The maximum atomic E-state index is 12.8. The van der Waals surface area contributed by atoms with Gasteiger partial charge in [0.2, 0.25) is 0 Å². The van der Waals surface area contributed by atoms with Crippen molar-refractivity contribution in [2.75, 3.05) is 23.7 Å². The molecule has 1 aromatic heterocycles. The molecule has 2 aromatic rings. The molecule has 0 aliphatic carbocycles. The summed E-state index contributed by atoms with van der Waals surface area (Å²) in [6.07, 6.45) is 1.28. The fourth-order valence-electron chi connectivity index (χ4n) is 2.08. The van der Waals surface area contributed by atoms with Crippen LogP contribution in [0.3, 0.4) is 0 Å². The van der Waals surface area contributed by atoms with Crippen molar-refractivity contribution < 1.29 is 13.2 Å². The highest BCUT2D eigenvalue weighted by Gasteiger charge is 2.24. The van der Waals surface area contributed by atoms with Gasteiger partial charge in [-0.05, 0) is 37.6 Å². The molecule has 0 saturated carbocycles. The van der Waals surface area contributed by atoms with Gasteiger partial charge in [-0.1, -0.05) is 6.07 Å². The highest BCUT2D eigenvalue weighted by atomic mass is 32.2. The van der Waals surface area contributed by atoms with E-state index in [1.54, 1.807) is 38.1 Å². The summed E-state index contributed by atoms with van der Waals surface area (Å²) >= 11 is 0. The Bertz CT molecular complexity index is 775. The van der Waals surface area contributed by atoms with Crippen LogP contribution in [0, 0.1) is 6.92 Å². The molecule has 6 nitrogen and oxygen atoms in total. The van der Waals surface area contributed by atoms with Crippen molar-refractivity contribution in [2.24, 2.45) is 0 Å². The number of nitrogen functional groups attached to an aromatic ring is 1. The van der Waals surface area contributed by atoms with E-state index in [4.69, 9.17) is 10.5 Å². The van der Waals surface area contributed by atoms with E-state index >= 15 is 0 Å². The van der Waals surface area contributed by atoms with Crippen LogP contribution in [0.1, 0.15) is 12.5 Å². The Morgan fingerprint density at radius 3 is 2.64 bits per heavy atom. The zero-order valence-electron chi connectivity index (χ0n) is 12.8. The Morgan fingerprint density at radius 2 is 2.05 bits per heavy atom. The lowest BCUT2D eigenvalue weighted by Gasteiger charge is -2.23. The van der Waals surface area contributed by atoms with Crippen molar-refractivity contribution >= 4 is 21.5 Å². The molecule has 0 bridgehead atoms. The summed E-state index contributed by atoms with van der Waals surface area (Å²) in [6.45, 7) is 3.79. The van der Waals surface area contributed by atoms with Gasteiger partial charge in [0.05, 0.1) is 12.8 Å². The first kappa shape index (κ1) is 16.1. The number of hydrogen-bond donors (Lipinski definition) is 1. The summed E-state index contributed by atoms with van der Waals surface area (Å²) in [5, 5.41) is 0. The molecule has 0 amide bonds.